The average molecular weight is 251 g/mol. The fraction of sp³-hybridized carbons (Fsp3) is 0.333. The van der Waals surface area contributed by atoms with Crippen LogP contribution in [0, 0.1) is 0 Å². The Morgan fingerprint density at radius 2 is 1.94 bits per heavy atom. The quantitative estimate of drug-likeness (QED) is 0.692. The van der Waals surface area contributed by atoms with Crippen LogP contribution in [0.1, 0.15) is 12.5 Å². The van der Waals surface area contributed by atoms with Crippen molar-refractivity contribution in [3.05, 3.63) is 29.8 Å². The Bertz CT molecular complexity index is 417. The summed E-state index contributed by atoms with van der Waals surface area (Å²) in [6.45, 7) is 2.31. The molecule has 18 heavy (non-hydrogen) atoms. The van der Waals surface area contributed by atoms with E-state index in [1.54, 1.807) is 31.2 Å². The number of rotatable bonds is 5. The van der Waals surface area contributed by atoms with E-state index in [0.717, 1.165) is 5.56 Å². The number of carbonyl (C=O) groups excluding carboxylic acids is 2. The zero-order valence-electron chi connectivity index (χ0n) is 10.2. The topological polar surface area (TPSA) is 107 Å². The lowest BCUT2D eigenvalue weighted by atomic mass is 10.1. The number of nitrogens with one attached hydrogen (secondary N) is 1. The summed E-state index contributed by atoms with van der Waals surface area (Å²) in [5, 5.41) is 2.51. The number of carbonyl (C=O) groups is 2. The van der Waals surface area contributed by atoms with Gasteiger partial charge in [-0.25, -0.2) is 4.79 Å². The monoisotopic (exact) mass is 251 g/mol. The molecule has 1 rings (SSSR count). The van der Waals surface area contributed by atoms with Gasteiger partial charge in [-0.2, -0.15) is 0 Å². The summed E-state index contributed by atoms with van der Waals surface area (Å²) in [5.74, 6) is -0.116. The Labute approximate surface area is 105 Å². The van der Waals surface area contributed by atoms with E-state index < -0.39 is 18.0 Å². The van der Waals surface area contributed by atoms with Crippen molar-refractivity contribution >= 4 is 12.0 Å². The van der Waals surface area contributed by atoms with E-state index in [9.17, 15) is 9.59 Å². The van der Waals surface area contributed by atoms with E-state index in [-0.39, 0.29) is 0 Å². The number of primary amides is 1. The van der Waals surface area contributed by atoms with Crippen molar-refractivity contribution in [3.63, 3.8) is 0 Å². The normalized spacial score (nSPS) is 11.7. The second-order valence-corrected chi connectivity index (χ2v) is 3.78. The highest BCUT2D eigenvalue weighted by Crippen LogP contribution is 2.13. The van der Waals surface area contributed by atoms with Gasteiger partial charge >= 0.3 is 6.09 Å². The first kappa shape index (κ1) is 14.0. The van der Waals surface area contributed by atoms with Crippen LogP contribution in [0.5, 0.6) is 5.75 Å². The summed E-state index contributed by atoms with van der Waals surface area (Å²) in [6, 6.07) is 6.03. The number of nitrogens with two attached hydrogens (primary N) is 2. The minimum absolute atomic E-state index is 0.358. The van der Waals surface area contributed by atoms with Gasteiger partial charge in [-0.3, -0.25) is 4.79 Å². The van der Waals surface area contributed by atoms with Crippen LogP contribution in [0.15, 0.2) is 24.3 Å². The summed E-state index contributed by atoms with van der Waals surface area (Å²) in [5.41, 5.74) is 11.5. The second-order valence-electron chi connectivity index (χ2n) is 3.78. The lowest BCUT2D eigenvalue weighted by Crippen LogP contribution is -2.38. The molecule has 0 heterocycles. The van der Waals surface area contributed by atoms with Crippen molar-refractivity contribution < 1.29 is 14.3 Å². The van der Waals surface area contributed by atoms with Gasteiger partial charge in [0.15, 0.2) is 0 Å². The minimum atomic E-state index is -0.708. The van der Waals surface area contributed by atoms with Gasteiger partial charge in [-0.05, 0) is 31.0 Å². The van der Waals surface area contributed by atoms with Crippen LogP contribution in [0.2, 0.25) is 0 Å². The van der Waals surface area contributed by atoms with Crippen molar-refractivity contribution in [3.8, 4) is 5.75 Å². The third-order valence-electron chi connectivity index (χ3n) is 2.28. The maximum Gasteiger partial charge on any atom is 0.412 e. The fourth-order valence-electron chi connectivity index (χ4n) is 1.34. The molecule has 1 atom stereocenters. The van der Waals surface area contributed by atoms with Gasteiger partial charge in [0, 0.05) is 6.54 Å². The molecule has 6 heteroatoms. The summed E-state index contributed by atoms with van der Waals surface area (Å²) in [4.78, 5) is 22.0. The van der Waals surface area contributed by atoms with Gasteiger partial charge in [-0.1, -0.05) is 12.1 Å². The van der Waals surface area contributed by atoms with Gasteiger partial charge in [0.1, 0.15) is 5.75 Å². The summed E-state index contributed by atoms with van der Waals surface area (Å²) < 4.78 is 4.99. The Hall–Kier alpha value is -2.08. The first-order chi connectivity index (χ1) is 8.52. The van der Waals surface area contributed by atoms with Crippen LogP contribution in [-0.4, -0.2) is 24.6 Å². The highest BCUT2D eigenvalue weighted by Gasteiger charge is 2.10. The summed E-state index contributed by atoms with van der Waals surface area (Å²) in [7, 11) is 0. The number of ether oxygens (including phenoxy) is 1. The third-order valence-corrected chi connectivity index (χ3v) is 2.28. The zero-order chi connectivity index (χ0) is 13.5. The molecule has 0 aliphatic heterocycles. The van der Waals surface area contributed by atoms with Crippen molar-refractivity contribution in [1.29, 1.82) is 0 Å². The molecule has 0 saturated carbocycles. The molecule has 1 aromatic carbocycles. The molecular weight excluding hydrogens is 234 g/mol. The minimum Gasteiger partial charge on any atom is -0.410 e. The molecule has 0 aliphatic carbocycles. The molecule has 0 unspecified atom stereocenters. The molecule has 0 bridgehead atoms. The molecule has 98 valence electrons. The van der Waals surface area contributed by atoms with E-state index in [4.69, 9.17) is 16.2 Å². The molecule has 0 fully saturated rings. The number of benzene rings is 1. The number of amides is 2. The molecule has 0 radical (unpaired) electrons. The van der Waals surface area contributed by atoms with Gasteiger partial charge < -0.3 is 21.5 Å². The van der Waals surface area contributed by atoms with E-state index in [2.05, 4.69) is 5.32 Å². The van der Waals surface area contributed by atoms with Gasteiger partial charge in [0.25, 0.3) is 0 Å². The highest BCUT2D eigenvalue weighted by atomic mass is 16.5. The standard InChI is InChI=1S/C12H17N3O3/c1-2-15-12(17)18-9-5-3-8(4-6-9)7-10(13)11(14)16/h3-6,10H,2,7,13H2,1H3,(H2,14,16)(H,15,17)/t10-/m0/s1. The van der Waals surface area contributed by atoms with Crippen molar-refractivity contribution in [1.82, 2.24) is 5.32 Å². The maximum atomic E-state index is 11.1. The largest absolute Gasteiger partial charge is 0.412 e. The molecule has 0 aromatic heterocycles. The Morgan fingerprint density at radius 1 is 1.33 bits per heavy atom. The van der Waals surface area contributed by atoms with Crippen molar-refractivity contribution in [2.45, 2.75) is 19.4 Å². The average Bonchev–Trinajstić information content (AvgIpc) is 2.31. The molecule has 0 saturated heterocycles. The van der Waals surface area contributed by atoms with Crippen LogP contribution in [0.3, 0.4) is 0 Å². The number of hydrogen-bond donors (Lipinski definition) is 3. The van der Waals surface area contributed by atoms with Gasteiger partial charge in [0.2, 0.25) is 5.91 Å². The zero-order valence-corrected chi connectivity index (χ0v) is 10.2. The van der Waals surface area contributed by atoms with Gasteiger partial charge in [-0.15, -0.1) is 0 Å². The SMILES string of the molecule is CCNC(=O)Oc1ccc(C[C@H](N)C(N)=O)cc1. The first-order valence-corrected chi connectivity index (χ1v) is 5.62. The van der Waals surface area contributed by atoms with E-state index in [1.165, 1.54) is 0 Å². The first-order valence-electron chi connectivity index (χ1n) is 5.62. The molecule has 6 nitrogen and oxygen atoms in total. The van der Waals surface area contributed by atoms with E-state index >= 15 is 0 Å². The van der Waals surface area contributed by atoms with Crippen molar-refractivity contribution in [2.24, 2.45) is 11.5 Å². The molecule has 2 amide bonds. The predicted octanol–water partition coefficient (Wildman–Crippen LogP) is 0.150. The lowest BCUT2D eigenvalue weighted by molar-refractivity contribution is -0.119. The fourth-order valence-corrected chi connectivity index (χ4v) is 1.34. The molecule has 0 aliphatic rings. The predicted molar refractivity (Wildman–Crippen MR) is 67.0 cm³/mol. The van der Waals surface area contributed by atoms with Crippen LogP contribution in [0.25, 0.3) is 0 Å². The molecule has 1 aromatic rings. The van der Waals surface area contributed by atoms with Crippen LogP contribution >= 0.6 is 0 Å². The molecule has 0 spiro atoms. The smallest absolute Gasteiger partial charge is 0.410 e. The Balaban J connectivity index is 2.57. The highest BCUT2D eigenvalue weighted by molar-refractivity contribution is 5.79. The van der Waals surface area contributed by atoms with Gasteiger partial charge in [0.05, 0.1) is 6.04 Å². The maximum absolute atomic E-state index is 11.1. The Kier molecular flexibility index (Phi) is 5.13. The molecule has 5 N–H and O–H groups in total. The third kappa shape index (κ3) is 4.42. The Morgan fingerprint density at radius 3 is 2.44 bits per heavy atom. The summed E-state index contributed by atoms with van der Waals surface area (Å²) in [6.07, 6.45) is -0.143. The summed E-state index contributed by atoms with van der Waals surface area (Å²) >= 11 is 0. The number of hydrogen-bond acceptors (Lipinski definition) is 4. The lowest BCUT2D eigenvalue weighted by Gasteiger charge is -2.08. The van der Waals surface area contributed by atoms with Crippen LogP contribution in [-0.2, 0) is 11.2 Å². The van der Waals surface area contributed by atoms with Crippen LogP contribution < -0.4 is 21.5 Å². The van der Waals surface area contributed by atoms with Crippen molar-refractivity contribution in [2.75, 3.05) is 6.54 Å². The molecular formula is C12H17N3O3. The second kappa shape index (κ2) is 6.61. The van der Waals surface area contributed by atoms with E-state index in [1.807, 2.05) is 0 Å². The van der Waals surface area contributed by atoms with Crippen LogP contribution in [0.4, 0.5) is 4.79 Å². The van der Waals surface area contributed by atoms with E-state index in [0.29, 0.717) is 18.7 Å².